The summed E-state index contributed by atoms with van der Waals surface area (Å²) in [7, 11) is 0. The van der Waals surface area contributed by atoms with Crippen LogP contribution in [-0.4, -0.2) is 11.7 Å². The Bertz CT molecular complexity index is 333. The van der Waals surface area contributed by atoms with Gasteiger partial charge in [-0.3, -0.25) is 0 Å². The average Bonchev–Trinajstić information content (AvgIpc) is 2.08. The number of hydrogen-bond donors (Lipinski definition) is 2. The molecule has 0 aliphatic heterocycles. The SMILES string of the molecule is Cc1cccc(C#CCO)c1N. The summed E-state index contributed by atoms with van der Waals surface area (Å²) < 4.78 is 0. The smallest absolute Gasteiger partial charge is 0.104 e. The predicted octanol–water partition coefficient (Wildman–Crippen LogP) is 0.921. The quantitative estimate of drug-likeness (QED) is 0.439. The first-order valence-electron chi connectivity index (χ1n) is 3.70. The van der Waals surface area contributed by atoms with Crippen LogP contribution < -0.4 is 5.73 Å². The third-order valence-electron chi connectivity index (χ3n) is 1.63. The van der Waals surface area contributed by atoms with Gasteiger partial charge in [-0.1, -0.05) is 24.0 Å². The zero-order chi connectivity index (χ0) is 8.97. The van der Waals surface area contributed by atoms with Gasteiger partial charge in [0.25, 0.3) is 0 Å². The maximum atomic E-state index is 8.47. The lowest BCUT2D eigenvalue weighted by Crippen LogP contribution is -1.93. The Morgan fingerprint density at radius 1 is 1.50 bits per heavy atom. The third kappa shape index (κ3) is 1.77. The van der Waals surface area contributed by atoms with Crippen molar-refractivity contribution in [2.45, 2.75) is 6.92 Å². The molecule has 1 aromatic rings. The van der Waals surface area contributed by atoms with Crippen LogP contribution >= 0.6 is 0 Å². The van der Waals surface area contributed by atoms with Gasteiger partial charge in [0.2, 0.25) is 0 Å². The van der Waals surface area contributed by atoms with Crippen LogP contribution in [0.2, 0.25) is 0 Å². The van der Waals surface area contributed by atoms with Gasteiger partial charge in [0, 0.05) is 5.56 Å². The molecule has 1 rings (SSSR count). The van der Waals surface area contributed by atoms with Gasteiger partial charge in [-0.25, -0.2) is 0 Å². The van der Waals surface area contributed by atoms with E-state index in [0.29, 0.717) is 5.69 Å². The van der Waals surface area contributed by atoms with Crippen molar-refractivity contribution in [3.8, 4) is 11.8 Å². The minimum atomic E-state index is -0.132. The molecule has 0 heterocycles. The Kier molecular flexibility index (Phi) is 2.73. The summed E-state index contributed by atoms with van der Waals surface area (Å²) in [5.74, 6) is 5.34. The van der Waals surface area contributed by atoms with Crippen LogP contribution in [-0.2, 0) is 0 Å². The summed E-state index contributed by atoms with van der Waals surface area (Å²) in [6.45, 7) is 1.80. The van der Waals surface area contributed by atoms with E-state index in [-0.39, 0.29) is 6.61 Å². The third-order valence-corrected chi connectivity index (χ3v) is 1.63. The van der Waals surface area contributed by atoms with E-state index in [1.807, 2.05) is 25.1 Å². The molecule has 12 heavy (non-hydrogen) atoms. The van der Waals surface area contributed by atoms with Crippen LogP contribution in [0.4, 0.5) is 5.69 Å². The molecule has 0 aromatic heterocycles. The molecule has 0 unspecified atom stereocenters. The van der Waals surface area contributed by atoms with Crippen LogP contribution in [0.1, 0.15) is 11.1 Å². The van der Waals surface area contributed by atoms with Gasteiger partial charge < -0.3 is 10.8 Å². The summed E-state index contributed by atoms with van der Waals surface area (Å²) in [6.07, 6.45) is 0. The van der Waals surface area contributed by atoms with Crippen LogP contribution in [0.25, 0.3) is 0 Å². The molecule has 0 radical (unpaired) electrons. The number of para-hydroxylation sites is 1. The maximum Gasteiger partial charge on any atom is 0.104 e. The van der Waals surface area contributed by atoms with Gasteiger partial charge >= 0.3 is 0 Å². The number of aryl methyl sites for hydroxylation is 1. The molecule has 0 atom stereocenters. The Hall–Kier alpha value is -1.46. The zero-order valence-electron chi connectivity index (χ0n) is 6.96. The van der Waals surface area contributed by atoms with E-state index in [1.54, 1.807) is 0 Å². The van der Waals surface area contributed by atoms with Crippen molar-refractivity contribution >= 4 is 5.69 Å². The Morgan fingerprint density at radius 2 is 2.25 bits per heavy atom. The number of hydrogen-bond acceptors (Lipinski definition) is 2. The first-order chi connectivity index (χ1) is 5.75. The van der Waals surface area contributed by atoms with Crippen molar-refractivity contribution in [2.24, 2.45) is 0 Å². The zero-order valence-corrected chi connectivity index (χ0v) is 6.96. The molecule has 0 amide bonds. The molecule has 0 aliphatic carbocycles. The molecule has 0 bridgehead atoms. The number of rotatable bonds is 0. The van der Waals surface area contributed by atoms with Crippen molar-refractivity contribution in [1.29, 1.82) is 0 Å². The number of aliphatic hydroxyl groups is 1. The summed E-state index contributed by atoms with van der Waals surface area (Å²) in [6, 6.07) is 5.66. The van der Waals surface area contributed by atoms with E-state index in [1.165, 1.54) is 0 Å². The van der Waals surface area contributed by atoms with E-state index in [4.69, 9.17) is 10.8 Å². The number of nitrogen functional groups attached to an aromatic ring is 1. The molecule has 2 heteroatoms. The van der Waals surface area contributed by atoms with Gasteiger partial charge in [0.05, 0.1) is 5.69 Å². The number of aliphatic hydroxyl groups excluding tert-OH is 1. The fourth-order valence-electron chi connectivity index (χ4n) is 0.924. The lowest BCUT2D eigenvalue weighted by molar-refractivity contribution is 0.350. The van der Waals surface area contributed by atoms with E-state index >= 15 is 0 Å². The molecular formula is C10H11NO. The summed E-state index contributed by atoms with van der Waals surface area (Å²) in [4.78, 5) is 0. The monoisotopic (exact) mass is 161 g/mol. The molecule has 0 fully saturated rings. The average molecular weight is 161 g/mol. The topological polar surface area (TPSA) is 46.2 Å². The van der Waals surface area contributed by atoms with Gasteiger partial charge in [0.1, 0.15) is 6.61 Å². The normalized spacial score (nSPS) is 8.83. The van der Waals surface area contributed by atoms with Crippen molar-refractivity contribution in [1.82, 2.24) is 0 Å². The van der Waals surface area contributed by atoms with E-state index in [2.05, 4.69) is 11.8 Å². The van der Waals surface area contributed by atoms with Gasteiger partial charge in [0.15, 0.2) is 0 Å². The van der Waals surface area contributed by atoms with Crippen molar-refractivity contribution in [2.75, 3.05) is 12.3 Å². The fraction of sp³-hybridized carbons (Fsp3) is 0.200. The Morgan fingerprint density at radius 3 is 2.92 bits per heavy atom. The second-order valence-electron chi connectivity index (χ2n) is 2.50. The largest absolute Gasteiger partial charge is 0.398 e. The highest BCUT2D eigenvalue weighted by molar-refractivity contribution is 5.60. The van der Waals surface area contributed by atoms with Crippen LogP contribution in [0, 0.1) is 18.8 Å². The Balaban J connectivity index is 3.08. The highest BCUT2D eigenvalue weighted by atomic mass is 16.2. The second-order valence-corrected chi connectivity index (χ2v) is 2.50. The lowest BCUT2D eigenvalue weighted by Gasteiger charge is -2.00. The molecule has 0 saturated carbocycles. The standard InChI is InChI=1S/C10H11NO/c1-8-4-2-5-9(10(8)11)6-3-7-12/h2,4-5,12H,7,11H2,1H3. The minimum Gasteiger partial charge on any atom is -0.398 e. The van der Waals surface area contributed by atoms with E-state index < -0.39 is 0 Å². The molecule has 0 aliphatic rings. The summed E-state index contributed by atoms with van der Waals surface area (Å²) in [5, 5.41) is 8.47. The second kappa shape index (κ2) is 3.80. The van der Waals surface area contributed by atoms with Crippen LogP contribution in [0.5, 0.6) is 0 Å². The minimum absolute atomic E-state index is 0.132. The van der Waals surface area contributed by atoms with Crippen molar-refractivity contribution in [3.05, 3.63) is 29.3 Å². The summed E-state index contributed by atoms with van der Waals surface area (Å²) in [5.41, 5.74) is 8.23. The molecule has 62 valence electrons. The highest BCUT2D eigenvalue weighted by Gasteiger charge is 1.96. The molecular weight excluding hydrogens is 150 g/mol. The first kappa shape index (κ1) is 8.63. The van der Waals surface area contributed by atoms with Gasteiger partial charge in [-0.05, 0) is 18.6 Å². The van der Waals surface area contributed by atoms with Crippen molar-refractivity contribution < 1.29 is 5.11 Å². The maximum absolute atomic E-state index is 8.47. The fourth-order valence-corrected chi connectivity index (χ4v) is 0.924. The number of nitrogens with two attached hydrogens (primary N) is 1. The van der Waals surface area contributed by atoms with Gasteiger partial charge in [-0.15, -0.1) is 0 Å². The lowest BCUT2D eigenvalue weighted by atomic mass is 10.1. The highest BCUT2D eigenvalue weighted by Crippen LogP contribution is 2.14. The van der Waals surface area contributed by atoms with E-state index in [9.17, 15) is 0 Å². The number of anilines is 1. The molecule has 3 N–H and O–H groups in total. The molecule has 0 spiro atoms. The molecule has 0 saturated heterocycles. The number of benzene rings is 1. The molecule has 2 nitrogen and oxygen atoms in total. The van der Waals surface area contributed by atoms with Crippen molar-refractivity contribution in [3.63, 3.8) is 0 Å². The van der Waals surface area contributed by atoms with Gasteiger partial charge in [-0.2, -0.15) is 0 Å². The Labute approximate surface area is 72.0 Å². The van der Waals surface area contributed by atoms with Crippen LogP contribution in [0.15, 0.2) is 18.2 Å². The van der Waals surface area contributed by atoms with E-state index in [0.717, 1.165) is 11.1 Å². The first-order valence-corrected chi connectivity index (χ1v) is 3.70. The summed E-state index contributed by atoms with van der Waals surface area (Å²) >= 11 is 0. The van der Waals surface area contributed by atoms with Crippen LogP contribution in [0.3, 0.4) is 0 Å². The predicted molar refractivity (Wildman–Crippen MR) is 49.6 cm³/mol. The molecule has 1 aromatic carbocycles.